The van der Waals surface area contributed by atoms with Crippen LogP contribution in [-0.2, 0) is 11.3 Å². The summed E-state index contributed by atoms with van der Waals surface area (Å²) in [5.74, 6) is 2.07. The van der Waals surface area contributed by atoms with Gasteiger partial charge in [-0.25, -0.2) is 0 Å². The molecule has 0 spiro atoms. The minimum absolute atomic E-state index is 0.321. The molecule has 1 aliphatic heterocycles. The Bertz CT molecular complexity index is 708. The number of hydrogen-bond donors (Lipinski definition) is 0. The van der Waals surface area contributed by atoms with E-state index in [4.69, 9.17) is 0 Å². The Balaban J connectivity index is 1.45. The summed E-state index contributed by atoms with van der Waals surface area (Å²) in [7, 11) is 0. The number of hydrogen-bond acceptors (Lipinski definition) is 3. The van der Waals surface area contributed by atoms with Crippen LogP contribution in [0.25, 0.3) is 11.4 Å². The third kappa shape index (κ3) is 3.17. The van der Waals surface area contributed by atoms with Gasteiger partial charge < -0.3 is 9.47 Å². The Hall–Kier alpha value is -1.69. The smallest absolute Gasteiger partial charge is 0.225 e. The van der Waals surface area contributed by atoms with Crippen molar-refractivity contribution in [2.24, 2.45) is 11.8 Å². The van der Waals surface area contributed by atoms with Gasteiger partial charge in [0.2, 0.25) is 5.91 Å². The number of halogens is 1. The normalized spacial score (nSPS) is 20.9. The van der Waals surface area contributed by atoms with Crippen molar-refractivity contribution in [1.29, 1.82) is 0 Å². The first-order valence-corrected chi connectivity index (χ1v) is 8.92. The maximum atomic E-state index is 12.2. The van der Waals surface area contributed by atoms with Gasteiger partial charge in [-0.2, -0.15) is 0 Å². The first kappa shape index (κ1) is 14.9. The molecule has 6 heteroatoms. The van der Waals surface area contributed by atoms with Crippen molar-refractivity contribution in [3.8, 4) is 11.4 Å². The van der Waals surface area contributed by atoms with Crippen LogP contribution in [0.2, 0.25) is 0 Å². The Labute approximate surface area is 143 Å². The van der Waals surface area contributed by atoms with Gasteiger partial charge in [0.1, 0.15) is 6.33 Å². The number of nitrogens with zero attached hydrogens (tertiary/aromatic N) is 4. The molecule has 4 rings (SSSR count). The molecule has 5 nitrogen and oxygen atoms in total. The second-order valence-corrected chi connectivity index (χ2v) is 7.44. The van der Waals surface area contributed by atoms with Gasteiger partial charge in [-0.3, -0.25) is 4.79 Å². The van der Waals surface area contributed by atoms with E-state index in [0.717, 1.165) is 54.8 Å². The Morgan fingerprint density at radius 3 is 2.74 bits per heavy atom. The summed E-state index contributed by atoms with van der Waals surface area (Å²) in [6.45, 7) is 2.63. The summed E-state index contributed by atoms with van der Waals surface area (Å²) in [4.78, 5) is 14.2. The van der Waals surface area contributed by atoms with Crippen LogP contribution in [0.4, 0.5) is 0 Å². The van der Waals surface area contributed by atoms with Gasteiger partial charge in [-0.05, 0) is 37.3 Å². The Morgan fingerprint density at radius 1 is 1.22 bits per heavy atom. The van der Waals surface area contributed by atoms with Crippen LogP contribution in [0.1, 0.15) is 19.3 Å². The number of benzene rings is 1. The molecular weight excluding hydrogens is 356 g/mol. The molecule has 1 aromatic heterocycles. The van der Waals surface area contributed by atoms with Crippen LogP contribution < -0.4 is 0 Å². The molecule has 1 saturated carbocycles. The van der Waals surface area contributed by atoms with E-state index < -0.39 is 0 Å². The largest absolute Gasteiger partial charge is 0.342 e. The van der Waals surface area contributed by atoms with Crippen LogP contribution in [0.15, 0.2) is 35.1 Å². The van der Waals surface area contributed by atoms with Gasteiger partial charge in [-0.1, -0.05) is 28.1 Å². The summed E-state index contributed by atoms with van der Waals surface area (Å²) in [5, 5.41) is 8.34. The monoisotopic (exact) mass is 374 g/mol. The fraction of sp³-hybridized carbons (Fsp3) is 0.471. The Kier molecular flexibility index (Phi) is 3.93. The molecule has 2 heterocycles. The number of aromatic nitrogens is 3. The third-order valence-corrected chi connectivity index (χ3v) is 5.23. The second kappa shape index (κ2) is 6.07. The van der Waals surface area contributed by atoms with Gasteiger partial charge in [-0.15, -0.1) is 10.2 Å². The van der Waals surface area contributed by atoms with E-state index in [9.17, 15) is 4.79 Å². The van der Waals surface area contributed by atoms with E-state index >= 15 is 0 Å². The molecule has 2 aromatic rings. The predicted molar refractivity (Wildman–Crippen MR) is 90.6 cm³/mol. The molecule has 1 amide bonds. The van der Waals surface area contributed by atoms with Crippen molar-refractivity contribution in [3.63, 3.8) is 0 Å². The highest BCUT2D eigenvalue weighted by molar-refractivity contribution is 9.10. The van der Waals surface area contributed by atoms with Crippen molar-refractivity contribution in [3.05, 3.63) is 35.1 Å². The van der Waals surface area contributed by atoms with Gasteiger partial charge >= 0.3 is 0 Å². The minimum Gasteiger partial charge on any atom is -0.342 e. The second-order valence-electron chi connectivity index (χ2n) is 6.53. The fourth-order valence-electron chi connectivity index (χ4n) is 3.26. The zero-order valence-electron chi connectivity index (χ0n) is 12.9. The predicted octanol–water partition coefficient (Wildman–Crippen LogP) is 2.97. The van der Waals surface area contributed by atoms with E-state index in [1.807, 2.05) is 29.2 Å². The maximum Gasteiger partial charge on any atom is 0.225 e. The molecule has 1 aliphatic carbocycles. The van der Waals surface area contributed by atoms with Gasteiger partial charge in [0, 0.05) is 35.6 Å². The molecule has 0 bridgehead atoms. The number of carbonyl (C=O) groups is 1. The first-order chi connectivity index (χ1) is 11.2. The molecule has 0 radical (unpaired) electrons. The van der Waals surface area contributed by atoms with Gasteiger partial charge in [0.05, 0.1) is 0 Å². The zero-order chi connectivity index (χ0) is 15.8. The molecule has 23 heavy (non-hydrogen) atoms. The highest BCUT2D eigenvalue weighted by Gasteiger charge is 2.36. The van der Waals surface area contributed by atoms with Gasteiger partial charge in [0.15, 0.2) is 5.82 Å². The quantitative estimate of drug-likeness (QED) is 0.826. The maximum absolute atomic E-state index is 12.2. The lowest BCUT2D eigenvalue weighted by atomic mass is 10.1. The topological polar surface area (TPSA) is 51.0 Å². The van der Waals surface area contributed by atoms with Crippen LogP contribution >= 0.6 is 15.9 Å². The van der Waals surface area contributed by atoms with Gasteiger partial charge in [0.25, 0.3) is 0 Å². The zero-order valence-corrected chi connectivity index (χ0v) is 14.4. The van der Waals surface area contributed by atoms with Crippen molar-refractivity contribution in [1.82, 2.24) is 19.7 Å². The third-order valence-electron chi connectivity index (χ3n) is 4.70. The number of likely N-dealkylation sites (tertiary alicyclic amines) is 1. The molecular formula is C17H19BrN4O. The van der Waals surface area contributed by atoms with E-state index in [-0.39, 0.29) is 0 Å². The average molecular weight is 375 g/mol. The lowest BCUT2D eigenvalue weighted by Crippen LogP contribution is -2.30. The summed E-state index contributed by atoms with van der Waals surface area (Å²) >= 11 is 3.45. The summed E-state index contributed by atoms with van der Waals surface area (Å²) in [5.41, 5.74) is 1.06. The van der Waals surface area contributed by atoms with E-state index in [1.165, 1.54) is 0 Å². The molecule has 0 N–H and O–H groups in total. The average Bonchev–Trinajstić information content (AvgIpc) is 3.14. The molecule has 1 saturated heterocycles. The molecule has 2 fully saturated rings. The van der Waals surface area contributed by atoms with Crippen LogP contribution in [0.3, 0.4) is 0 Å². The lowest BCUT2D eigenvalue weighted by Gasteiger charge is -2.17. The minimum atomic E-state index is 0.321. The first-order valence-electron chi connectivity index (χ1n) is 8.13. The Morgan fingerprint density at radius 2 is 2.00 bits per heavy atom. The summed E-state index contributed by atoms with van der Waals surface area (Å²) < 4.78 is 3.16. The molecule has 1 atom stereocenters. The summed E-state index contributed by atoms with van der Waals surface area (Å²) in [6.07, 6.45) is 5.03. The highest BCUT2D eigenvalue weighted by atomic mass is 79.9. The van der Waals surface area contributed by atoms with E-state index in [0.29, 0.717) is 17.7 Å². The summed E-state index contributed by atoms with van der Waals surface area (Å²) in [6, 6.07) is 8.12. The lowest BCUT2D eigenvalue weighted by molar-refractivity contribution is -0.131. The van der Waals surface area contributed by atoms with E-state index in [1.54, 1.807) is 6.33 Å². The number of carbonyl (C=O) groups excluding carboxylic acids is 1. The molecule has 2 aliphatic rings. The van der Waals surface area contributed by atoms with Crippen molar-refractivity contribution >= 4 is 21.8 Å². The number of amides is 1. The fourth-order valence-corrected chi connectivity index (χ4v) is 3.52. The molecule has 120 valence electrons. The van der Waals surface area contributed by atoms with Crippen LogP contribution in [-0.4, -0.2) is 38.7 Å². The standard InChI is InChI=1S/C17H19BrN4O/c18-15-5-3-13(4-6-15)16-20-19-11-22(16)10-12-7-8-21(9-12)17(23)14-1-2-14/h3-6,11-12,14H,1-2,7-10H2/t12-/m0/s1. The molecule has 1 aromatic carbocycles. The van der Waals surface area contributed by atoms with Crippen LogP contribution in [0, 0.1) is 11.8 Å². The van der Waals surface area contributed by atoms with Crippen molar-refractivity contribution < 1.29 is 4.79 Å². The highest BCUT2D eigenvalue weighted by Crippen LogP contribution is 2.33. The van der Waals surface area contributed by atoms with E-state index in [2.05, 4.69) is 30.7 Å². The van der Waals surface area contributed by atoms with Crippen molar-refractivity contribution in [2.45, 2.75) is 25.8 Å². The number of rotatable bonds is 4. The van der Waals surface area contributed by atoms with Crippen LogP contribution in [0.5, 0.6) is 0 Å². The van der Waals surface area contributed by atoms with Crippen molar-refractivity contribution in [2.75, 3.05) is 13.1 Å². The molecule has 0 unspecified atom stereocenters. The SMILES string of the molecule is O=C(C1CC1)N1CC[C@H](Cn2cnnc2-c2ccc(Br)cc2)C1.